The fraction of sp³-hybridized carbons (Fsp3) is 0.125. The Bertz CT molecular complexity index is 406. The first-order valence-electron chi connectivity index (χ1n) is 3.85. The Morgan fingerprint density at radius 1 is 1.38 bits per heavy atom. The second kappa shape index (κ2) is 2.85. The van der Waals surface area contributed by atoms with E-state index in [1.807, 2.05) is 6.92 Å². The molecule has 5 heteroatoms. The van der Waals surface area contributed by atoms with Gasteiger partial charge in [-0.25, -0.2) is 9.97 Å². The number of hydrogen-bond acceptors (Lipinski definition) is 4. The molecule has 2 aromatic rings. The molecule has 0 saturated carbocycles. The van der Waals surface area contributed by atoms with Crippen molar-refractivity contribution in [2.75, 3.05) is 5.73 Å². The zero-order chi connectivity index (χ0) is 9.26. The Labute approximate surface area is 75.0 Å². The van der Waals surface area contributed by atoms with Crippen LogP contribution in [0.15, 0.2) is 18.6 Å². The topological polar surface area (TPSA) is 80.5 Å². The van der Waals surface area contributed by atoms with Gasteiger partial charge in [0.25, 0.3) is 0 Å². The van der Waals surface area contributed by atoms with Gasteiger partial charge in [0, 0.05) is 18.0 Å². The van der Waals surface area contributed by atoms with Gasteiger partial charge in [-0.2, -0.15) is 5.10 Å². The van der Waals surface area contributed by atoms with E-state index in [4.69, 9.17) is 5.73 Å². The minimum atomic E-state index is 0.279. The van der Waals surface area contributed by atoms with E-state index in [1.165, 1.54) is 0 Å². The smallest absolute Gasteiger partial charge is 0.220 e. The first-order valence-corrected chi connectivity index (χ1v) is 3.85. The van der Waals surface area contributed by atoms with Gasteiger partial charge in [-0.1, -0.05) is 0 Å². The van der Waals surface area contributed by atoms with Crippen molar-refractivity contribution in [1.82, 2.24) is 20.2 Å². The van der Waals surface area contributed by atoms with Gasteiger partial charge in [0.1, 0.15) is 0 Å². The molecule has 0 aliphatic heterocycles. The standard InChI is InChI=1S/C8H9N5/c1-5-2-10-8(9)13-7(5)6-3-11-12-4-6/h2-4H,1H3,(H,11,12)(H2,9,10,13). The van der Waals surface area contributed by atoms with Gasteiger partial charge in [0.05, 0.1) is 11.9 Å². The molecule has 0 fully saturated rings. The molecule has 2 heterocycles. The maximum absolute atomic E-state index is 5.48. The number of anilines is 1. The highest BCUT2D eigenvalue weighted by Gasteiger charge is 2.05. The average molecular weight is 175 g/mol. The van der Waals surface area contributed by atoms with Crippen LogP contribution in [0.2, 0.25) is 0 Å². The molecule has 0 radical (unpaired) electrons. The summed E-state index contributed by atoms with van der Waals surface area (Å²) in [6.07, 6.45) is 5.17. The molecule has 0 aromatic carbocycles. The SMILES string of the molecule is Cc1cnc(N)nc1-c1cn[nH]c1. The predicted molar refractivity (Wildman–Crippen MR) is 48.8 cm³/mol. The summed E-state index contributed by atoms with van der Waals surface area (Å²) < 4.78 is 0. The van der Waals surface area contributed by atoms with Gasteiger partial charge in [-0.15, -0.1) is 0 Å². The fourth-order valence-electron chi connectivity index (χ4n) is 1.13. The Balaban J connectivity index is 2.57. The van der Waals surface area contributed by atoms with Crippen molar-refractivity contribution in [3.8, 4) is 11.3 Å². The largest absolute Gasteiger partial charge is 0.368 e. The van der Waals surface area contributed by atoms with Gasteiger partial charge < -0.3 is 5.73 Å². The normalized spacial score (nSPS) is 10.2. The molecule has 3 N–H and O–H groups in total. The summed E-state index contributed by atoms with van der Waals surface area (Å²) in [6.45, 7) is 1.93. The van der Waals surface area contributed by atoms with Crippen molar-refractivity contribution in [1.29, 1.82) is 0 Å². The van der Waals surface area contributed by atoms with Crippen molar-refractivity contribution in [3.63, 3.8) is 0 Å². The minimum absolute atomic E-state index is 0.279. The number of aromatic amines is 1. The Morgan fingerprint density at radius 2 is 2.23 bits per heavy atom. The number of nitrogen functional groups attached to an aromatic ring is 1. The number of nitrogens with zero attached hydrogens (tertiary/aromatic N) is 3. The number of aromatic nitrogens is 4. The molecule has 66 valence electrons. The van der Waals surface area contributed by atoms with Crippen LogP contribution in [-0.4, -0.2) is 20.2 Å². The van der Waals surface area contributed by atoms with Crippen molar-refractivity contribution in [2.45, 2.75) is 6.92 Å². The summed E-state index contributed by atoms with van der Waals surface area (Å²) in [5.74, 6) is 0.279. The van der Waals surface area contributed by atoms with Crippen molar-refractivity contribution < 1.29 is 0 Å². The maximum atomic E-state index is 5.48. The van der Waals surface area contributed by atoms with Crippen LogP contribution >= 0.6 is 0 Å². The third kappa shape index (κ3) is 1.35. The van der Waals surface area contributed by atoms with E-state index in [1.54, 1.807) is 18.6 Å². The number of nitrogens with one attached hydrogen (secondary N) is 1. The third-order valence-corrected chi connectivity index (χ3v) is 1.76. The van der Waals surface area contributed by atoms with Crippen LogP contribution in [0.1, 0.15) is 5.56 Å². The zero-order valence-corrected chi connectivity index (χ0v) is 7.15. The lowest BCUT2D eigenvalue weighted by molar-refractivity contribution is 1.09. The lowest BCUT2D eigenvalue weighted by Gasteiger charge is -2.01. The third-order valence-electron chi connectivity index (χ3n) is 1.76. The minimum Gasteiger partial charge on any atom is -0.368 e. The average Bonchev–Trinajstić information content (AvgIpc) is 2.61. The van der Waals surface area contributed by atoms with E-state index in [2.05, 4.69) is 20.2 Å². The lowest BCUT2D eigenvalue weighted by Crippen LogP contribution is -1.97. The summed E-state index contributed by atoms with van der Waals surface area (Å²) in [6, 6.07) is 0. The number of H-pyrrole nitrogens is 1. The molecule has 0 unspecified atom stereocenters. The van der Waals surface area contributed by atoms with Crippen LogP contribution < -0.4 is 5.73 Å². The highest BCUT2D eigenvalue weighted by atomic mass is 15.1. The van der Waals surface area contributed by atoms with E-state index in [9.17, 15) is 0 Å². The van der Waals surface area contributed by atoms with Crippen LogP contribution in [0.4, 0.5) is 5.95 Å². The molecule has 0 bridgehead atoms. The van der Waals surface area contributed by atoms with Gasteiger partial charge in [-0.05, 0) is 12.5 Å². The quantitative estimate of drug-likeness (QED) is 0.670. The van der Waals surface area contributed by atoms with E-state index in [-0.39, 0.29) is 5.95 Å². The Hall–Kier alpha value is -1.91. The maximum Gasteiger partial charge on any atom is 0.220 e. The van der Waals surface area contributed by atoms with E-state index in [0.29, 0.717) is 0 Å². The number of nitrogens with two attached hydrogens (primary N) is 1. The van der Waals surface area contributed by atoms with Crippen LogP contribution in [0.25, 0.3) is 11.3 Å². The molecular formula is C8H9N5. The van der Waals surface area contributed by atoms with Crippen molar-refractivity contribution in [2.24, 2.45) is 0 Å². The molecule has 5 nitrogen and oxygen atoms in total. The number of aryl methyl sites for hydroxylation is 1. The number of hydrogen-bond donors (Lipinski definition) is 2. The lowest BCUT2D eigenvalue weighted by atomic mass is 10.2. The first-order chi connectivity index (χ1) is 6.27. The first kappa shape index (κ1) is 7.72. The van der Waals surface area contributed by atoms with Gasteiger partial charge in [0.15, 0.2) is 0 Å². The second-order valence-corrected chi connectivity index (χ2v) is 2.75. The zero-order valence-electron chi connectivity index (χ0n) is 7.15. The highest BCUT2D eigenvalue weighted by molar-refractivity contribution is 5.61. The Kier molecular flexibility index (Phi) is 1.70. The monoisotopic (exact) mass is 175 g/mol. The molecule has 0 aliphatic carbocycles. The van der Waals surface area contributed by atoms with Crippen LogP contribution in [0.3, 0.4) is 0 Å². The summed E-state index contributed by atoms with van der Waals surface area (Å²) in [5, 5.41) is 6.57. The van der Waals surface area contributed by atoms with Crippen molar-refractivity contribution in [3.05, 3.63) is 24.2 Å². The van der Waals surface area contributed by atoms with Gasteiger partial charge >= 0.3 is 0 Å². The van der Waals surface area contributed by atoms with Crippen LogP contribution in [0, 0.1) is 6.92 Å². The van der Waals surface area contributed by atoms with E-state index >= 15 is 0 Å². The van der Waals surface area contributed by atoms with E-state index < -0.39 is 0 Å². The fourth-order valence-corrected chi connectivity index (χ4v) is 1.13. The summed E-state index contributed by atoms with van der Waals surface area (Å²) in [4.78, 5) is 8.01. The summed E-state index contributed by atoms with van der Waals surface area (Å²) >= 11 is 0. The Morgan fingerprint density at radius 3 is 2.92 bits per heavy atom. The summed E-state index contributed by atoms with van der Waals surface area (Å²) in [7, 11) is 0. The molecule has 0 saturated heterocycles. The van der Waals surface area contributed by atoms with Crippen LogP contribution in [0.5, 0.6) is 0 Å². The molecule has 0 aliphatic rings. The molecule has 0 amide bonds. The van der Waals surface area contributed by atoms with Crippen LogP contribution in [-0.2, 0) is 0 Å². The summed E-state index contributed by atoms with van der Waals surface area (Å²) in [5.41, 5.74) is 8.21. The van der Waals surface area contributed by atoms with E-state index in [0.717, 1.165) is 16.8 Å². The molecule has 2 rings (SSSR count). The highest BCUT2D eigenvalue weighted by Crippen LogP contribution is 2.18. The predicted octanol–water partition coefficient (Wildman–Crippen LogP) is 0.757. The number of rotatable bonds is 1. The molecule has 0 spiro atoms. The van der Waals surface area contributed by atoms with Gasteiger partial charge in [-0.3, -0.25) is 5.10 Å². The van der Waals surface area contributed by atoms with Crippen molar-refractivity contribution >= 4 is 5.95 Å². The molecule has 0 atom stereocenters. The second-order valence-electron chi connectivity index (χ2n) is 2.75. The molecule has 13 heavy (non-hydrogen) atoms. The molecule has 2 aromatic heterocycles. The molecular weight excluding hydrogens is 166 g/mol. The van der Waals surface area contributed by atoms with Gasteiger partial charge in [0.2, 0.25) is 5.95 Å².